The fraction of sp³-hybridized carbons (Fsp3) is 0.917. The maximum Gasteiger partial charge on any atom is 0.238 e. The number of thioether (sulfide) groups is 1. The molecule has 0 radical (unpaired) electrons. The van der Waals surface area contributed by atoms with Crippen molar-refractivity contribution < 1.29 is 4.79 Å². The van der Waals surface area contributed by atoms with Crippen LogP contribution in [0.25, 0.3) is 0 Å². The Morgan fingerprint density at radius 1 is 1.65 bits per heavy atom. The molecule has 0 aromatic rings. The fourth-order valence-electron chi connectivity index (χ4n) is 1.74. The maximum atomic E-state index is 11.8. The van der Waals surface area contributed by atoms with Crippen LogP contribution in [-0.2, 0) is 4.79 Å². The molecular weight excluding hydrogens is 234 g/mol. The van der Waals surface area contributed by atoms with Crippen LogP contribution in [0.1, 0.15) is 20.3 Å². The second-order valence-corrected chi connectivity index (χ2v) is 5.76. The van der Waals surface area contributed by atoms with Crippen LogP contribution in [0, 0.1) is 0 Å². The summed E-state index contributed by atoms with van der Waals surface area (Å²) in [7, 11) is 2.11. The molecule has 2 unspecified atom stereocenters. The van der Waals surface area contributed by atoms with Gasteiger partial charge in [0, 0.05) is 37.2 Å². The first-order chi connectivity index (χ1) is 8.15. The Morgan fingerprint density at radius 3 is 3.00 bits per heavy atom. The van der Waals surface area contributed by atoms with E-state index in [-0.39, 0.29) is 11.9 Å². The molecule has 0 saturated carbocycles. The van der Waals surface area contributed by atoms with Gasteiger partial charge < -0.3 is 15.5 Å². The van der Waals surface area contributed by atoms with Gasteiger partial charge in [-0.05, 0) is 20.4 Å². The molecule has 1 aliphatic heterocycles. The van der Waals surface area contributed by atoms with Crippen molar-refractivity contribution in [2.45, 2.75) is 32.4 Å². The van der Waals surface area contributed by atoms with E-state index in [0.29, 0.717) is 6.04 Å². The van der Waals surface area contributed by atoms with E-state index in [2.05, 4.69) is 36.4 Å². The fourth-order valence-corrected chi connectivity index (χ4v) is 2.68. The number of nitrogens with one attached hydrogen (secondary N) is 2. The summed E-state index contributed by atoms with van der Waals surface area (Å²) in [6, 6.07) is 0.581. The summed E-state index contributed by atoms with van der Waals surface area (Å²) in [5, 5.41) is 6.25. The summed E-state index contributed by atoms with van der Waals surface area (Å²) in [5.74, 6) is 2.16. The second-order valence-electron chi connectivity index (χ2n) is 4.61. The van der Waals surface area contributed by atoms with E-state index in [9.17, 15) is 4.79 Å². The summed E-state index contributed by atoms with van der Waals surface area (Å²) in [6.45, 7) is 6.99. The molecule has 1 saturated heterocycles. The lowest BCUT2D eigenvalue weighted by Gasteiger charge is -2.25. The van der Waals surface area contributed by atoms with Crippen molar-refractivity contribution in [1.29, 1.82) is 0 Å². The Morgan fingerprint density at radius 2 is 2.41 bits per heavy atom. The van der Waals surface area contributed by atoms with Gasteiger partial charge in [0.1, 0.15) is 0 Å². The van der Waals surface area contributed by atoms with Crippen LogP contribution in [0.3, 0.4) is 0 Å². The Labute approximate surface area is 109 Å². The van der Waals surface area contributed by atoms with Gasteiger partial charge in [-0.2, -0.15) is 11.8 Å². The summed E-state index contributed by atoms with van der Waals surface area (Å²) < 4.78 is 0. The molecule has 2 atom stereocenters. The topological polar surface area (TPSA) is 44.4 Å². The molecular formula is C12H25N3OS. The zero-order valence-corrected chi connectivity index (χ0v) is 12.0. The minimum Gasteiger partial charge on any atom is -0.353 e. The molecule has 17 heavy (non-hydrogen) atoms. The molecule has 4 nitrogen and oxygen atoms in total. The zero-order valence-electron chi connectivity index (χ0n) is 11.2. The number of amides is 1. The molecule has 0 bridgehead atoms. The highest BCUT2D eigenvalue weighted by Gasteiger charge is 2.20. The normalized spacial score (nSPS) is 22.5. The SMILES string of the molecule is CCC(C)N(C)CCNC(=O)C1CSCCN1. The van der Waals surface area contributed by atoms with Crippen LogP contribution < -0.4 is 10.6 Å². The number of carbonyl (C=O) groups is 1. The molecule has 1 rings (SSSR count). The molecule has 1 fully saturated rings. The van der Waals surface area contributed by atoms with E-state index < -0.39 is 0 Å². The Bertz CT molecular complexity index is 232. The molecule has 2 N–H and O–H groups in total. The third-order valence-electron chi connectivity index (χ3n) is 3.35. The van der Waals surface area contributed by atoms with E-state index in [1.807, 2.05) is 11.8 Å². The molecule has 5 heteroatoms. The number of likely N-dealkylation sites (N-methyl/N-ethyl adjacent to an activating group) is 1. The first kappa shape index (κ1) is 14.8. The van der Waals surface area contributed by atoms with Crippen molar-refractivity contribution in [2.75, 3.05) is 38.2 Å². The van der Waals surface area contributed by atoms with Gasteiger partial charge in [0.05, 0.1) is 6.04 Å². The van der Waals surface area contributed by atoms with E-state index in [1.54, 1.807) is 0 Å². The Balaban J connectivity index is 2.15. The summed E-state index contributed by atoms with van der Waals surface area (Å²) in [5.41, 5.74) is 0. The Kier molecular flexibility index (Phi) is 6.92. The van der Waals surface area contributed by atoms with Gasteiger partial charge in [-0.3, -0.25) is 4.79 Å². The van der Waals surface area contributed by atoms with E-state index >= 15 is 0 Å². The van der Waals surface area contributed by atoms with Crippen molar-refractivity contribution in [3.63, 3.8) is 0 Å². The summed E-state index contributed by atoms with van der Waals surface area (Å²) in [4.78, 5) is 14.1. The highest BCUT2D eigenvalue weighted by molar-refractivity contribution is 7.99. The quantitative estimate of drug-likeness (QED) is 0.731. The molecule has 1 aliphatic rings. The minimum absolute atomic E-state index is 0.00246. The van der Waals surface area contributed by atoms with Crippen molar-refractivity contribution in [3.05, 3.63) is 0 Å². The molecule has 1 amide bonds. The summed E-state index contributed by atoms with van der Waals surface area (Å²) in [6.07, 6.45) is 1.14. The number of hydrogen-bond donors (Lipinski definition) is 2. The lowest BCUT2D eigenvalue weighted by Crippen LogP contribution is -2.50. The van der Waals surface area contributed by atoms with Gasteiger partial charge in [0.15, 0.2) is 0 Å². The smallest absolute Gasteiger partial charge is 0.238 e. The highest BCUT2D eigenvalue weighted by Crippen LogP contribution is 2.07. The van der Waals surface area contributed by atoms with Gasteiger partial charge in [0.25, 0.3) is 0 Å². The van der Waals surface area contributed by atoms with Crippen LogP contribution in [0.4, 0.5) is 0 Å². The average Bonchev–Trinajstić information content (AvgIpc) is 2.38. The van der Waals surface area contributed by atoms with Gasteiger partial charge in [-0.1, -0.05) is 6.92 Å². The second kappa shape index (κ2) is 7.95. The molecule has 100 valence electrons. The van der Waals surface area contributed by atoms with E-state index in [0.717, 1.165) is 37.6 Å². The first-order valence-electron chi connectivity index (χ1n) is 6.44. The third kappa shape index (κ3) is 5.27. The van der Waals surface area contributed by atoms with Crippen molar-refractivity contribution in [2.24, 2.45) is 0 Å². The standard InChI is InChI=1S/C12H25N3OS/c1-4-10(2)15(3)7-5-14-12(16)11-9-17-8-6-13-11/h10-11,13H,4-9H2,1-3H3,(H,14,16). The van der Waals surface area contributed by atoms with Crippen LogP contribution in [0.2, 0.25) is 0 Å². The van der Waals surface area contributed by atoms with E-state index in [4.69, 9.17) is 0 Å². The van der Waals surface area contributed by atoms with Gasteiger partial charge in [0.2, 0.25) is 5.91 Å². The highest BCUT2D eigenvalue weighted by atomic mass is 32.2. The van der Waals surface area contributed by atoms with Gasteiger partial charge in [-0.15, -0.1) is 0 Å². The minimum atomic E-state index is 0.00246. The van der Waals surface area contributed by atoms with Crippen LogP contribution in [0.5, 0.6) is 0 Å². The third-order valence-corrected chi connectivity index (χ3v) is 4.41. The number of hydrogen-bond acceptors (Lipinski definition) is 4. The maximum absolute atomic E-state index is 11.8. The largest absolute Gasteiger partial charge is 0.353 e. The monoisotopic (exact) mass is 259 g/mol. The first-order valence-corrected chi connectivity index (χ1v) is 7.59. The van der Waals surface area contributed by atoms with Crippen LogP contribution >= 0.6 is 11.8 Å². The average molecular weight is 259 g/mol. The number of rotatable bonds is 6. The van der Waals surface area contributed by atoms with Crippen molar-refractivity contribution in [1.82, 2.24) is 15.5 Å². The number of nitrogens with zero attached hydrogens (tertiary/aromatic N) is 1. The lowest BCUT2D eigenvalue weighted by atomic mass is 10.2. The van der Waals surface area contributed by atoms with Crippen LogP contribution in [-0.4, -0.2) is 61.1 Å². The molecule has 0 aromatic heterocycles. The van der Waals surface area contributed by atoms with E-state index in [1.165, 1.54) is 0 Å². The molecule has 0 spiro atoms. The van der Waals surface area contributed by atoms with Crippen LogP contribution in [0.15, 0.2) is 0 Å². The van der Waals surface area contributed by atoms with Crippen molar-refractivity contribution in [3.8, 4) is 0 Å². The predicted molar refractivity (Wildman–Crippen MR) is 74.5 cm³/mol. The van der Waals surface area contributed by atoms with Gasteiger partial charge >= 0.3 is 0 Å². The number of carbonyl (C=O) groups excluding carboxylic acids is 1. The summed E-state index contributed by atoms with van der Waals surface area (Å²) >= 11 is 1.85. The Hall–Kier alpha value is -0.260. The predicted octanol–water partition coefficient (Wildman–Crippen LogP) is 0.538. The van der Waals surface area contributed by atoms with Gasteiger partial charge in [-0.25, -0.2) is 0 Å². The molecule has 0 aliphatic carbocycles. The molecule has 1 heterocycles. The van der Waals surface area contributed by atoms with Crippen molar-refractivity contribution >= 4 is 17.7 Å². The molecule has 0 aromatic carbocycles. The zero-order chi connectivity index (χ0) is 12.7. The lowest BCUT2D eigenvalue weighted by molar-refractivity contribution is -0.122.